The third-order valence-electron chi connectivity index (χ3n) is 3.80. The molecule has 0 spiro atoms. The lowest BCUT2D eigenvalue weighted by Gasteiger charge is -2.09. The Bertz CT molecular complexity index is 950. The van der Waals surface area contributed by atoms with E-state index in [1.807, 2.05) is 0 Å². The van der Waals surface area contributed by atoms with Gasteiger partial charge in [0.25, 0.3) is 5.91 Å². The van der Waals surface area contributed by atoms with Crippen molar-refractivity contribution >= 4 is 17.4 Å². The number of hydrogen-bond acceptors (Lipinski definition) is 4. The quantitative estimate of drug-likeness (QED) is 0.613. The molecule has 3 aromatic rings. The Morgan fingerprint density at radius 2 is 1.77 bits per heavy atom. The maximum Gasteiger partial charge on any atom is 0.255 e. The lowest BCUT2D eigenvalue weighted by Crippen LogP contribution is -2.12. The van der Waals surface area contributed by atoms with Crippen LogP contribution in [0.5, 0.6) is 11.5 Å². The summed E-state index contributed by atoms with van der Waals surface area (Å²) in [6.45, 7) is 0. The molecular formula is C19H15FN2O4. The Balaban J connectivity index is 1.85. The molecule has 1 heterocycles. The van der Waals surface area contributed by atoms with Crippen molar-refractivity contribution in [1.82, 2.24) is 4.98 Å². The minimum absolute atomic E-state index is 0.130. The number of ketones is 1. The first-order valence-electron chi connectivity index (χ1n) is 7.65. The second kappa shape index (κ2) is 7.10. The predicted molar refractivity (Wildman–Crippen MR) is 93.2 cm³/mol. The fraction of sp³-hybridized carbons (Fsp3) is 0.0526. The van der Waals surface area contributed by atoms with Crippen LogP contribution in [0.2, 0.25) is 0 Å². The summed E-state index contributed by atoms with van der Waals surface area (Å²) in [7, 11) is 1.27. The van der Waals surface area contributed by atoms with E-state index in [9.17, 15) is 19.1 Å². The van der Waals surface area contributed by atoms with E-state index in [1.165, 1.54) is 43.5 Å². The minimum Gasteiger partial charge on any atom is -0.507 e. The number of benzene rings is 2. The summed E-state index contributed by atoms with van der Waals surface area (Å²) < 4.78 is 19.1. The van der Waals surface area contributed by atoms with Crippen LogP contribution in [0.4, 0.5) is 10.1 Å². The number of amides is 1. The zero-order valence-corrected chi connectivity index (χ0v) is 13.7. The number of aromatic nitrogens is 1. The van der Waals surface area contributed by atoms with Gasteiger partial charge < -0.3 is 20.1 Å². The van der Waals surface area contributed by atoms with Gasteiger partial charge in [-0.1, -0.05) is 12.1 Å². The van der Waals surface area contributed by atoms with Crippen LogP contribution in [0.3, 0.4) is 0 Å². The van der Waals surface area contributed by atoms with Crippen LogP contribution in [0, 0.1) is 5.82 Å². The first-order valence-corrected chi connectivity index (χ1v) is 7.65. The van der Waals surface area contributed by atoms with Crippen LogP contribution in [-0.4, -0.2) is 28.9 Å². The molecule has 0 radical (unpaired) electrons. The SMILES string of the molecule is COc1ccc(O)c(C(=O)c2ccc(C(=O)Nc3cc[nH]c3)cc2)c1F. The third kappa shape index (κ3) is 3.27. The molecule has 0 atom stereocenters. The number of nitrogens with one attached hydrogen (secondary N) is 2. The van der Waals surface area contributed by atoms with Crippen LogP contribution in [0.25, 0.3) is 0 Å². The summed E-state index contributed by atoms with van der Waals surface area (Å²) in [5, 5.41) is 12.5. The van der Waals surface area contributed by atoms with Gasteiger partial charge in [0.1, 0.15) is 11.3 Å². The smallest absolute Gasteiger partial charge is 0.255 e. The summed E-state index contributed by atoms with van der Waals surface area (Å²) in [6.07, 6.45) is 3.30. The molecule has 26 heavy (non-hydrogen) atoms. The van der Waals surface area contributed by atoms with Crippen LogP contribution in [-0.2, 0) is 0 Å². The van der Waals surface area contributed by atoms with E-state index >= 15 is 0 Å². The Morgan fingerprint density at radius 3 is 2.38 bits per heavy atom. The molecule has 132 valence electrons. The first-order chi connectivity index (χ1) is 12.5. The van der Waals surface area contributed by atoms with Gasteiger partial charge in [-0.05, 0) is 30.3 Å². The number of methoxy groups -OCH3 is 1. The number of carbonyl (C=O) groups excluding carboxylic acids is 2. The average Bonchev–Trinajstić information content (AvgIpc) is 3.15. The van der Waals surface area contributed by atoms with E-state index in [2.05, 4.69) is 10.3 Å². The summed E-state index contributed by atoms with van der Waals surface area (Å²) in [5.41, 5.74) is 0.594. The van der Waals surface area contributed by atoms with Gasteiger partial charge in [0.15, 0.2) is 17.3 Å². The average molecular weight is 354 g/mol. The normalized spacial score (nSPS) is 10.4. The molecule has 0 aliphatic heterocycles. The van der Waals surface area contributed by atoms with Gasteiger partial charge in [-0.15, -0.1) is 0 Å². The predicted octanol–water partition coefficient (Wildman–Crippen LogP) is 3.35. The monoisotopic (exact) mass is 354 g/mol. The highest BCUT2D eigenvalue weighted by Crippen LogP contribution is 2.30. The van der Waals surface area contributed by atoms with Gasteiger partial charge in [-0.3, -0.25) is 9.59 Å². The van der Waals surface area contributed by atoms with Crippen molar-refractivity contribution in [1.29, 1.82) is 0 Å². The zero-order chi connectivity index (χ0) is 18.7. The number of ether oxygens (including phenoxy) is 1. The van der Waals surface area contributed by atoms with Crippen molar-refractivity contribution < 1.29 is 23.8 Å². The number of phenolic OH excluding ortho intramolecular Hbond substituents is 1. The molecule has 6 nitrogen and oxygen atoms in total. The van der Waals surface area contributed by atoms with Crippen molar-refractivity contribution in [2.45, 2.75) is 0 Å². The lowest BCUT2D eigenvalue weighted by atomic mass is 10.00. The molecule has 0 unspecified atom stereocenters. The molecule has 0 fully saturated rings. The molecule has 0 aliphatic rings. The Morgan fingerprint density at radius 1 is 1.08 bits per heavy atom. The number of anilines is 1. The number of halogens is 1. The van der Waals surface area contributed by atoms with Crippen molar-refractivity contribution in [3.8, 4) is 11.5 Å². The van der Waals surface area contributed by atoms with Gasteiger partial charge in [-0.2, -0.15) is 0 Å². The maximum atomic E-state index is 14.3. The van der Waals surface area contributed by atoms with Gasteiger partial charge in [0.2, 0.25) is 0 Å². The van der Waals surface area contributed by atoms with Crippen molar-refractivity contribution in [2.24, 2.45) is 0 Å². The lowest BCUT2D eigenvalue weighted by molar-refractivity contribution is 0.101. The van der Waals surface area contributed by atoms with Crippen LogP contribution in [0.15, 0.2) is 54.9 Å². The minimum atomic E-state index is -0.938. The van der Waals surface area contributed by atoms with Crippen LogP contribution < -0.4 is 10.1 Å². The summed E-state index contributed by atoms with van der Waals surface area (Å²) in [6, 6.07) is 9.81. The fourth-order valence-corrected chi connectivity index (χ4v) is 2.44. The van der Waals surface area contributed by atoms with Crippen LogP contribution >= 0.6 is 0 Å². The molecular weight excluding hydrogens is 339 g/mol. The van der Waals surface area contributed by atoms with E-state index in [0.717, 1.165) is 0 Å². The molecule has 0 bridgehead atoms. The Hall–Kier alpha value is -3.61. The van der Waals surface area contributed by atoms with Gasteiger partial charge in [0.05, 0.1) is 12.8 Å². The standard InChI is InChI=1S/C19H15FN2O4/c1-26-15-7-6-14(23)16(17(15)20)18(24)11-2-4-12(5-3-11)19(25)22-13-8-9-21-10-13/h2-10,21,23H,1H3,(H,22,25). The van der Waals surface area contributed by atoms with Crippen molar-refractivity contribution in [3.63, 3.8) is 0 Å². The van der Waals surface area contributed by atoms with E-state index < -0.39 is 22.9 Å². The van der Waals surface area contributed by atoms with E-state index in [1.54, 1.807) is 18.5 Å². The topological polar surface area (TPSA) is 91.4 Å². The van der Waals surface area contributed by atoms with Gasteiger partial charge >= 0.3 is 0 Å². The molecule has 7 heteroatoms. The van der Waals surface area contributed by atoms with E-state index in [0.29, 0.717) is 11.3 Å². The Labute approximate surface area is 148 Å². The van der Waals surface area contributed by atoms with Gasteiger partial charge in [-0.25, -0.2) is 4.39 Å². The fourth-order valence-electron chi connectivity index (χ4n) is 2.44. The van der Waals surface area contributed by atoms with Gasteiger partial charge in [0, 0.05) is 23.5 Å². The molecule has 3 rings (SSSR count). The van der Waals surface area contributed by atoms with E-state index in [-0.39, 0.29) is 17.2 Å². The van der Waals surface area contributed by atoms with Crippen molar-refractivity contribution in [2.75, 3.05) is 12.4 Å². The molecule has 0 saturated heterocycles. The highest BCUT2D eigenvalue weighted by molar-refractivity contribution is 6.12. The second-order valence-corrected chi connectivity index (χ2v) is 5.44. The molecule has 2 aromatic carbocycles. The molecule has 1 aromatic heterocycles. The number of aromatic hydroxyl groups is 1. The molecule has 1 amide bonds. The third-order valence-corrected chi connectivity index (χ3v) is 3.80. The van der Waals surface area contributed by atoms with Crippen molar-refractivity contribution in [3.05, 3.63) is 77.4 Å². The molecule has 0 aliphatic carbocycles. The van der Waals surface area contributed by atoms with E-state index in [4.69, 9.17) is 4.74 Å². The molecule has 3 N–H and O–H groups in total. The van der Waals surface area contributed by atoms with Crippen LogP contribution in [0.1, 0.15) is 26.3 Å². The highest BCUT2D eigenvalue weighted by Gasteiger charge is 2.22. The summed E-state index contributed by atoms with van der Waals surface area (Å²) in [5.74, 6) is -2.63. The highest BCUT2D eigenvalue weighted by atomic mass is 19.1. The number of hydrogen-bond donors (Lipinski definition) is 3. The number of phenols is 1. The maximum absolute atomic E-state index is 14.3. The Kier molecular flexibility index (Phi) is 4.70. The number of carbonyl (C=O) groups is 2. The molecule has 0 saturated carbocycles. The number of aromatic amines is 1. The number of rotatable bonds is 5. The number of H-pyrrole nitrogens is 1. The second-order valence-electron chi connectivity index (χ2n) is 5.44. The zero-order valence-electron chi connectivity index (χ0n) is 13.7. The summed E-state index contributed by atoms with van der Waals surface area (Å²) in [4.78, 5) is 27.5. The summed E-state index contributed by atoms with van der Waals surface area (Å²) >= 11 is 0. The first kappa shape index (κ1) is 17.2. The largest absolute Gasteiger partial charge is 0.507 e.